The Balaban J connectivity index is 1.58. The summed E-state index contributed by atoms with van der Waals surface area (Å²) in [7, 11) is 1.60. The summed E-state index contributed by atoms with van der Waals surface area (Å²) in [5, 5.41) is 6.87. The van der Waals surface area contributed by atoms with E-state index in [1.165, 1.54) is 29.3 Å². The fraction of sp³-hybridized carbons (Fsp3) is 0.0870. The van der Waals surface area contributed by atoms with Gasteiger partial charge in [-0.1, -0.05) is 6.07 Å². The number of imidazole rings is 1. The monoisotopic (exact) mass is 463 g/mol. The minimum Gasteiger partial charge on any atom is -0.306 e. The predicted octanol–water partition coefficient (Wildman–Crippen LogP) is 4.46. The lowest BCUT2D eigenvalue weighted by molar-refractivity contribution is -0.137. The van der Waals surface area contributed by atoms with E-state index in [4.69, 9.17) is 0 Å². The molecular weight excluding hydrogens is 447 g/mol. The Labute approximate surface area is 190 Å². The zero-order valence-electron chi connectivity index (χ0n) is 17.7. The highest BCUT2D eigenvalue weighted by molar-refractivity contribution is 6.06. The average Bonchev–Trinajstić information content (AvgIpc) is 3.42. The van der Waals surface area contributed by atoms with Gasteiger partial charge in [0.1, 0.15) is 23.5 Å². The van der Waals surface area contributed by atoms with Crippen molar-refractivity contribution in [2.75, 3.05) is 5.32 Å². The molecule has 5 rings (SSSR count). The van der Waals surface area contributed by atoms with E-state index in [2.05, 4.69) is 25.4 Å². The maximum absolute atomic E-state index is 13.6. The van der Waals surface area contributed by atoms with E-state index in [0.29, 0.717) is 22.9 Å². The zero-order chi connectivity index (χ0) is 23.9. The van der Waals surface area contributed by atoms with E-state index in [1.807, 2.05) is 0 Å². The van der Waals surface area contributed by atoms with Crippen LogP contribution in [-0.4, -0.2) is 35.0 Å². The van der Waals surface area contributed by atoms with E-state index < -0.39 is 17.6 Å². The highest BCUT2D eigenvalue weighted by atomic mass is 19.4. The van der Waals surface area contributed by atoms with Crippen molar-refractivity contribution in [2.24, 2.45) is 7.05 Å². The number of rotatable bonds is 4. The van der Waals surface area contributed by atoms with Crippen molar-refractivity contribution in [1.82, 2.24) is 29.1 Å². The summed E-state index contributed by atoms with van der Waals surface area (Å²) >= 11 is 0. The Morgan fingerprint density at radius 2 is 1.88 bits per heavy atom. The summed E-state index contributed by atoms with van der Waals surface area (Å²) < 4.78 is 44.0. The van der Waals surface area contributed by atoms with Crippen molar-refractivity contribution in [3.8, 4) is 22.6 Å². The number of nitrogens with one attached hydrogen (secondary N) is 1. The Bertz CT molecular complexity index is 1510. The standard InChI is InChI=1S/C23H16F3N7O/c1-32-11-8-17(31-32)15-12-14(5-6-16(15)23(24,25)26)22(34)30-21-20(18-7-9-27-13-28-18)29-19-4-2-3-10-33(19)21/h2-13H,1H3,(H,30,34). The Morgan fingerprint density at radius 3 is 2.59 bits per heavy atom. The number of amides is 1. The van der Waals surface area contributed by atoms with E-state index >= 15 is 0 Å². The van der Waals surface area contributed by atoms with Gasteiger partial charge in [0, 0.05) is 36.8 Å². The number of benzene rings is 1. The van der Waals surface area contributed by atoms with Gasteiger partial charge in [-0.05, 0) is 42.5 Å². The number of hydrogen-bond donors (Lipinski definition) is 1. The molecule has 0 unspecified atom stereocenters. The number of carbonyl (C=O) groups excluding carboxylic acids is 1. The molecule has 0 aliphatic heterocycles. The molecule has 0 aliphatic carbocycles. The number of alkyl halides is 3. The molecule has 1 aromatic carbocycles. The van der Waals surface area contributed by atoms with Crippen molar-refractivity contribution in [1.29, 1.82) is 0 Å². The first-order chi connectivity index (χ1) is 16.3. The summed E-state index contributed by atoms with van der Waals surface area (Å²) in [6.07, 6.45) is 1.56. The molecule has 0 spiro atoms. The first-order valence-corrected chi connectivity index (χ1v) is 10.1. The normalized spacial score (nSPS) is 11.6. The molecule has 0 fully saturated rings. The summed E-state index contributed by atoms with van der Waals surface area (Å²) in [6, 6.07) is 11.7. The third-order valence-electron chi connectivity index (χ3n) is 5.16. The summed E-state index contributed by atoms with van der Waals surface area (Å²) in [5.41, 5.74) is 0.533. The zero-order valence-corrected chi connectivity index (χ0v) is 17.7. The number of aromatic nitrogens is 6. The molecule has 0 saturated heterocycles. The molecule has 0 atom stereocenters. The summed E-state index contributed by atoms with van der Waals surface area (Å²) in [4.78, 5) is 25.8. The number of nitrogens with zero attached hydrogens (tertiary/aromatic N) is 6. The lowest BCUT2D eigenvalue weighted by atomic mass is 10.0. The van der Waals surface area contributed by atoms with Crippen LogP contribution in [0.4, 0.5) is 19.0 Å². The lowest BCUT2D eigenvalue weighted by Crippen LogP contribution is -2.16. The summed E-state index contributed by atoms with van der Waals surface area (Å²) in [5.74, 6) is -0.273. The average molecular weight is 463 g/mol. The van der Waals surface area contributed by atoms with Crippen LogP contribution >= 0.6 is 0 Å². The van der Waals surface area contributed by atoms with E-state index in [1.54, 1.807) is 48.1 Å². The number of fused-ring (bicyclic) bond motifs is 1. The van der Waals surface area contributed by atoms with Crippen LogP contribution < -0.4 is 5.32 Å². The first kappa shape index (κ1) is 21.3. The Kier molecular flexibility index (Phi) is 5.08. The minimum absolute atomic E-state index is 0.0353. The van der Waals surface area contributed by atoms with Gasteiger partial charge < -0.3 is 5.32 Å². The number of halogens is 3. The maximum atomic E-state index is 13.6. The van der Waals surface area contributed by atoms with Gasteiger partial charge in [-0.3, -0.25) is 13.9 Å². The van der Waals surface area contributed by atoms with Crippen molar-refractivity contribution in [2.45, 2.75) is 6.18 Å². The second-order valence-corrected chi connectivity index (χ2v) is 7.42. The Morgan fingerprint density at radius 1 is 1.03 bits per heavy atom. The molecule has 34 heavy (non-hydrogen) atoms. The van der Waals surface area contributed by atoms with Crippen molar-refractivity contribution >= 4 is 17.4 Å². The molecule has 0 bridgehead atoms. The van der Waals surface area contributed by atoms with Crippen molar-refractivity contribution < 1.29 is 18.0 Å². The van der Waals surface area contributed by atoms with Gasteiger partial charge in [-0.25, -0.2) is 15.0 Å². The first-order valence-electron chi connectivity index (χ1n) is 10.1. The molecule has 0 radical (unpaired) electrons. The molecule has 8 nitrogen and oxygen atoms in total. The fourth-order valence-corrected chi connectivity index (χ4v) is 3.61. The smallest absolute Gasteiger partial charge is 0.306 e. The summed E-state index contributed by atoms with van der Waals surface area (Å²) in [6.45, 7) is 0. The molecule has 5 aromatic rings. The molecule has 170 valence electrons. The van der Waals surface area contributed by atoms with Gasteiger partial charge in [-0.15, -0.1) is 0 Å². The van der Waals surface area contributed by atoms with E-state index in [9.17, 15) is 18.0 Å². The van der Waals surface area contributed by atoms with Crippen LogP contribution in [-0.2, 0) is 13.2 Å². The predicted molar refractivity (Wildman–Crippen MR) is 118 cm³/mol. The van der Waals surface area contributed by atoms with Crippen LogP contribution in [0.2, 0.25) is 0 Å². The lowest BCUT2D eigenvalue weighted by Gasteiger charge is -2.13. The molecule has 4 heterocycles. The van der Waals surface area contributed by atoms with Crippen LogP contribution in [0.25, 0.3) is 28.3 Å². The highest BCUT2D eigenvalue weighted by Crippen LogP contribution is 2.37. The second kappa shape index (κ2) is 8.10. The largest absolute Gasteiger partial charge is 0.417 e. The van der Waals surface area contributed by atoms with Crippen molar-refractivity contribution in [3.63, 3.8) is 0 Å². The van der Waals surface area contributed by atoms with Gasteiger partial charge in [-0.2, -0.15) is 18.3 Å². The third-order valence-corrected chi connectivity index (χ3v) is 5.16. The number of hydrogen-bond acceptors (Lipinski definition) is 5. The van der Waals surface area contributed by atoms with E-state index in [-0.39, 0.29) is 16.8 Å². The molecular formula is C23H16F3N7O. The molecule has 0 aliphatic rings. The van der Waals surface area contributed by atoms with Gasteiger partial charge >= 0.3 is 6.18 Å². The van der Waals surface area contributed by atoms with Crippen molar-refractivity contribution in [3.05, 3.63) is 84.6 Å². The molecule has 0 saturated carbocycles. The minimum atomic E-state index is -4.61. The molecule has 4 aromatic heterocycles. The highest BCUT2D eigenvalue weighted by Gasteiger charge is 2.34. The van der Waals surface area contributed by atoms with Gasteiger partial charge in [0.2, 0.25) is 0 Å². The van der Waals surface area contributed by atoms with Crippen LogP contribution in [0.1, 0.15) is 15.9 Å². The third kappa shape index (κ3) is 3.87. The van der Waals surface area contributed by atoms with E-state index in [0.717, 1.165) is 12.1 Å². The van der Waals surface area contributed by atoms with Crippen LogP contribution in [0.3, 0.4) is 0 Å². The second-order valence-electron chi connectivity index (χ2n) is 7.42. The van der Waals surface area contributed by atoms with Gasteiger partial charge in [0.05, 0.1) is 17.0 Å². The van der Waals surface area contributed by atoms with Gasteiger partial charge in [0.25, 0.3) is 5.91 Å². The quantitative estimate of drug-likeness (QED) is 0.425. The van der Waals surface area contributed by atoms with Gasteiger partial charge in [0.15, 0.2) is 0 Å². The Hall–Kier alpha value is -4.54. The van der Waals surface area contributed by atoms with Crippen LogP contribution in [0.15, 0.2) is 73.4 Å². The number of carbonyl (C=O) groups is 1. The fourth-order valence-electron chi connectivity index (χ4n) is 3.61. The molecule has 1 N–H and O–H groups in total. The molecule has 11 heteroatoms. The number of pyridine rings is 1. The SMILES string of the molecule is Cn1ccc(-c2cc(C(=O)Nc3c(-c4ccncn4)nc4ccccn34)ccc2C(F)(F)F)n1. The number of aryl methyl sites for hydroxylation is 1. The van der Waals surface area contributed by atoms with Crippen LogP contribution in [0, 0.1) is 0 Å². The molecule has 1 amide bonds. The van der Waals surface area contributed by atoms with Crippen LogP contribution in [0.5, 0.6) is 0 Å². The maximum Gasteiger partial charge on any atom is 0.417 e. The topological polar surface area (TPSA) is 90.0 Å². The number of anilines is 1.